The quantitative estimate of drug-likeness (QED) is 0.872. The summed E-state index contributed by atoms with van der Waals surface area (Å²) in [5, 5.41) is 6.72. The molecular weight excluding hydrogens is 239 g/mol. The number of anilines is 1. The van der Waals surface area contributed by atoms with Gasteiger partial charge in [-0.3, -0.25) is 0 Å². The summed E-state index contributed by atoms with van der Waals surface area (Å²) in [4.78, 5) is 0. The minimum Gasteiger partial charge on any atom is -0.384 e. The Hall–Kier alpha value is -1.09. The van der Waals surface area contributed by atoms with Crippen LogP contribution < -0.4 is 10.6 Å². The van der Waals surface area contributed by atoms with Crippen LogP contribution in [0.3, 0.4) is 0 Å². The molecule has 0 aliphatic carbocycles. The number of benzene rings is 1. The summed E-state index contributed by atoms with van der Waals surface area (Å²) < 4.78 is 14.9. The molecule has 2 aliphatic rings. The molecule has 104 valence electrons. The molecule has 3 heteroatoms. The van der Waals surface area contributed by atoms with Crippen LogP contribution in [0.15, 0.2) is 18.2 Å². The van der Waals surface area contributed by atoms with Crippen LogP contribution in [-0.4, -0.2) is 19.1 Å². The van der Waals surface area contributed by atoms with Crippen LogP contribution in [0, 0.1) is 5.92 Å². The summed E-state index contributed by atoms with van der Waals surface area (Å²) in [6.07, 6.45) is 3.43. The zero-order valence-electron chi connectivity index (χ0n) is 11.6. The zero-order chi connectivity index (χ0) is 13.2. The minimum absolute atomic E-state index is 0.0207. The Kier molecular flexibility index (Phi) is 3.74. The van der Waals surface area contributed by atoms with Crippen LogP contribution in [-0.2, 0) is 6.42 Å². The minimum atomic E-state index is -0.894. The summed E-state index contributed by atoms with van der Waals surface area (Å²) in [5.41, 5.74) is 3.17. The molecule has 1 saturated heterocycles. The van der Waals surface area contributed by atoms with E-state index in [1.807, 2.05) is 12.1 Å². The van der Waals surface area contributed by atoms with Crippen LogP contribution in [0.4, 0.5) is 10.1 Å². The molecule has 3 atom stereocenters. The summed E-state index contributed by atoms with van der Waals surface area (Å²) >= 11 is 0. The van der Waals surface area contributed by atoms with Crippen molar-refractivity contribution in [3.63, 3.8) is 0 Å². The fraction of sp³-hybridized carbons (Fsp3) is 0.625. The number of rotatable bonds is 3. The molecule has 3 rings (SSSR count). The number of halogens is 1. The van der Waals surface area contributed by atoms with Crippen molar-refractivity contribution in [2.24, 2.45) is 5.92 Å². The van der Waals surface area contributed by atoms with E-state index in [-0.39, 0.29) is 6.04 Å². The highest BCUT2D eigenvalue weighted by Crippen LogP contribution is 2.37. The molecule has 2 aliphatic heterocycles. The number of hydrogen-bond acceptors (Lipinski definition) is 2. The Morgan fingerprint density at radius 1 is 1.37 bits per heavy atom. The van der Waals surface area contributed by atoms with Gasteiger partial charge in [-0.1, -0.05) is 31.5 Å². The van der Waals surface area contributed by atoms with Gasteiger partial charge in [-0.05, 0) is 37.3 Å². The molecule has 1 aromatic carbocycles. The predicted octanol–water partition coefficient (Wildman–Crippen LogP) is 3.44. The monoisotopic (exact) mass is 262 g/mol. The molecule has 2 N–H and O–H groups in total. The van der Waals surface area contributed by atoms with Gasteiger partial charge in [0.2, 0.25) is 0 Å². The first-order valence-corrected chi connectivity index (χ1v) is 7.52. The number of alkyl halides is 1. The summed E-state index contributed by atoms with van der Waals surface area (Å²) in [6.45, 7) is 4.10. The molecule has 0 amide bonds. The highest BCUT2D eigenvalue weighted by Gasteiger charge is 2.31. The third-order valence-electron chi connectivity index (χ3n) is 4.65. The second-order valence-electron chi connectivity index (χ2n) is 5.82. The lowest BCUT2D eigenvalue weighted by molar-refractivity contribution is 0.185. The Balaban J connectivity index is 1.80. The van der Waals surface area contributed by atoms with E-state index in [4.69, 9.17) is 0 Å². The van der Waals surface area contributed by atoms with Crippen molar-refractivity contribution in [3.8, 4) is 0 Å². The van der Waals surface area contributed by atoms with Crippen molar-refractivity contribution in [3.05, 3.63) is 29.3 Å². The second-order valence-corrected chi connectivity index (χ2v) is 5.82. The van der Waals surface area contributed by atoms with Gasteiger partial charge in [-0.25, -0.2) is 4.39 Å². The molecule has 1 aromatic rings. The van der Waals surface area contributed by atoms with Crippen molar-refractivity contribution in [2.75, 3.05) is 18.4 Å². The van der Waals surface area contributed by atoms with Crippen molar-refractivity contribution in [2.45, 2.75) is 44.8 Å². The summed E-state index contributed by atoms with van der Waals surface area (Å²) in [7, 11) is 0. The maximum Gasteiger partial charge on any atom is 0.142 e. The Bertz CT molecular complexity index is 446. The van der Waals surface area contributed by atoms with Gasteiger partial charge in [0.1, 0.15) is 6.17 Å². The molecule has 0 bridgehead atoms. The first kappa shape index (κ1) is 12.9. The van der Waals surface area contributed by atoms with Crippen LogP contribution in [0.25, 0.3) is 0 Å². The number of nitrogens with one attached hydrogen (secondary N) is 2. The Labute approximate surface area is 114 Å². The average molecular weight is 262 g/mol. The van der Waals surface area contributed by atoms with Crippen molar-refractivity contribution in [1.29, 1.82) is 0 Å². The number of fused-ring (bicyclic) bond motifs is 1. The van der Waals surface area contributed by atoms with Crippen LogP contribution in [0.2, 0.25) is 0 Å². The van der Waals surface area contributed by atoms with E-state index in [2.05, 4.69) is 23.6 Å². The van der Waals surface area contributed by atoms with Gasteiger partial charge >= 0.3 is 0 Å². The van der Waals surface area contributed by atoms with E-state index in [1.54, 1.807) is 0 Å². The van der Waals surface area contributed by atoms with Crippen LogP contribution in [0.1, 0.15) is 43.5 Å². The van der Waals surface area contributed by atoms with Crippen molar-refractivity contribution >= 4 is 5.69 Å². The third kappa shape index (κ3) is 2.48. The summed E-state index contributed by atoms with van der Waals surface area (Å²) in [5.74, 6) is 0.675. The lowest BCUT2D eigenvalue weighted by Gasteiger charge is -2.32. The van der Waals surface area contributed by atoms with E-state index in [1.165, 1.54) is 12.0 Å². The van der Waals surface area contributed by atoms with Gasteiger partial charge in [0.25, 0.3) is 0 Å². The van der Waals surface area contributed by atoms with E-state index in [0.717, 1.165) is 43.6 Å². The van der Waals surface area contributed by atoms with E-state index in [9.17, 15) is 4.39 Å². The third-order valence-corrected chi connectivity index (χ3v) is 4.65. The fourth-order valence-corrected chi connectivity index (χ4v) is 3.44. The van der Waals surface area contributed by atoms with E-state index >= 15 is 0 Å². The molecule has 0 spiro atoms. The van der Waals surface area contributed by atoms with Crippen molar-refractivity contribution < 1.29 is 4.39 Å². The Morgan fingerprint density at radius 3 is 3.11 bits per heavy atom. The average Bonchev–Trinajstić information content (AvgIpc) is 2.95. The standard InChI is InChI=1S/C16H23FN2/c1-2-11-6-8-18-14(10-11)15(17)13-5-3-4-12-7-9-19-16(12)13/h3-5,11,14-15,18-19H,2,6-10H2,1H3. The largest absolute Gasteiger partial charge is 0.384 e. The summed E-state index contributed by atoms with van der Waals surface area (Å²) in [6, 6.07) is 6.02. The van der Waals surface area contributed by atoms with E-state index in [0.29, 0.717) is 5.92 Å². The SMILES string of the molecule is CCC1CCNC(C(F)c2cccc3c2NCC3)C1. The normalized spacial score (nSPS) is 27.7. The maximum absolute atomic E-state index is 14.9. The van der Waals surface area contributed by atoms with Crippen LogP contribution >= 0.6 is 0 Å². The van der Waals surface area contributed by atoms with Gasteiger partial charge in [0, 0.05) is 23.8 Å². The second kappa shape index (κ2) is 5.49. The first-order valence-electron chi connectivity index (χ1n) is 7.52. The molecule has 0 radical (unpaired) electrons. The molecule has 2 heterocycles. The topological polar surface area (TPSA) is 24.1 Å². The number of para-hydroxylation sites is 1. The molecule has 19 heavy (non-hydrogen) atoms. The highest BCUT2D eigenvalue weighted by molar-refractivity contribution is 5.62. The predicted molar refractivity (Wildman–Crippen MR) is 77.3 cm³/mol. The highest BCUT2D eigenvalue weighted by atomic mass is 19.1. The fourth-order valence-electron chi connectivity index (χ4n) is 3.44. The number of piperidine rings is 1. The van der Waals surface area contributed by atoms with Crippen LogP contribution in [0.5, 0.6) is 0 Å². The first-order chi connectivity index (χ1) is 9.29. The molecule has 0 aromatic heterocycles. The lowest BCUT2D eigenvalue weighted by atomic mass is 9.86. The molecule has 1 fully saturated rings. The smallest absolute Gasteiger partial charge is 0.142 e. The van der Waals surface area contributed by atoms with Gasteiger partial charge in [0.05, 0.1) is 0 Å². The molecule has 3 unspecified atom stereocenters. The molecule has 0 saturated carbocycles. The van der Waals surface area contributed by atoms with E-state index < -0.39 is 6.17 Å². The lowest BCUT2D eigenvalue weighted by Crippen LogP contribution is -2.41. The van der Waals surface area contributed by atoms with Gasteiger partial charge in [0.15, 0.2) is 0 Å². The molecular formula is C16H23FN2. The molecule has 2 nitrogen and oxygen atoms in total. The Morgan fingerprint density at radius 2 is 2.26 bits per heavy atom. The number of hydrogen-bond donors (Lipinski definition) is 2. The van der Waals surface area contributed by atoms with Gasteiger partial charge < -0.3 is 10.6 Å². The van der Waals surface area contributed by atoms with Crippen molar-refractivity contribution in [1.82, 2.24) is 5.32 Å². The van der Waals surface area contributed by atoms with Gasteiger partial charge in [-0.15, -0.1) is 0 Å². The van der Waals surface area contributed by atoms with Gasteiger partial charge in [-0.2, -0.15) is 0 Å². The maximum atomic E-state index is 14.9. The zero-order valence-corrected chi connectivity index (χ0v) is 11.6.